The molecular formula is C17H19FN4O2. The number of benzene rings is 1. The Bertz CT molecular complexity index is 722. The number of hydrogen-bond acceptors (Lipinski definition) is 3. The second-order valence-electron chi connectivity index (χ2n) is 5.83. The molecule has 0 radical (unpaired) electrons. The third kappa shape index (κ3) is 3.79. The lowest BCUT2D eigenvalue weighted by molar-refractivity contribution is 0.0855. The number of nitrogens with one attached hydrogen (secondary N) is 2. The number of nitrogens with zero attached hydrogens (tertiary/aromatic N) is 2. The number of carbonyl (C=O) groups excluding carboxylic acids is 2. The van der Waals surface area contributed by atoms with Gasteiger partial charge in [-0.2, -0.15) is 5.10 Å². The van der Waals surface area contributed by atoms with Crippen molar-refractivity contribution in [1.29, 1.82) is 0 Å². The molecule has 0 aliphatic heterocycles. The summed E-state index contributed by atoms with van der Waals surface area (Å²) < 4.78 is 13.6. The number of amides is 2. The first kappa shape index (κ1) is 16.2. The van der Waals surface area contributed by atoms with Crippen LogP contribution in [0.2, 0.25) is 0 Å². The molecule has 0 saturated heterocycles. The lowest BCUT2D eigenvalue weighted by atomic mass is 9.80. The molecule has 1 fully saturated rings. The van der Waals surface area contributed by atoms with E-state index in [1.165, 1.54) is 10.9 Å². The van der Waals surface area contributed by atoms with E-state index in [1.54, 1.807) is 30.5 Å². The molecule has 1 heterocycles. The standard InChI is InChI=1S/C17H19FN4O2/c18-8-9-22-11-15(10-19-22)21-17(24)20-14-6-4-13(5-7-14)16(23)12-2-1-3-12/h4-7,10-12H,1-3,8-9H2,(H2,20,21,24). The van der Waals surface area contributed by atoms with Gasteiger partial charge in [-0.05, 0) is 37.1 Å². The van der Waals surface area contributed by atoms with Crippen molar-refractivity contribution in [3.63, 3.8) is 0 Å². The molecule has 0 atom stereocenters. The van der Waals surface area contributed by atoms with Crippen LogP contribution in [-0.4, -0.2) is 28.3 Å². The maximum absolute atomic E-state index is 12.2. The number of Topliss-reactive ketones (excluding diaryl/α,β-unsaturated/α-hetero) is 1. The van der Waals surface area contributed by atoms with Gasteiger partial charge in [0.2, 0.25) is 0 Å². The maximum Gasteiger partial charge on any atom is 0.323 e. The summed E-state index contributed by atoms with van der Waals surface area (Å²) in [6.45, 7) is -0.362. The quantitative estimate of drug-likeness (QED) is 0.796. The summed E-state index contributed by atoms with van der Waals surface area (Å²) in [4.78, 5) is 24.1. The maximum atomic E-state index is 12.2. The average Bonchev–Trinajstić information content (AvgIpc) is 2.93. The number of alkyl halides is 1. The zero-order valence-electron chi connectivity index (χ0n) is 13.2. The van der Waals surface area contributed by atoms with Crippen molar-refractivity contribution >= 4 is 23.2 Å². The minimum Gasteiger partial charge on any atom is -0.308 e. The Balaban J connectivity index is 1.54. The first-order valence-corrected chi connectivity index (χ1v) is 7.96. The lowest BCUT2D eigenvalue weighted by Crippen LogP contribution is -2.22. The van der Waals surface area contributed by atoms with Crippen molar-refractivity contribution in [1.82, 2.24) is 9.78 Å². The fraction of sp³-hybridized carbons (Fsp3) is 0.353. The van der Waals surface area contributed by atoms with E-state index < -0.39 is 12.7 Å². The molecule has 2 N–H and O–H groups in total. The minimum atomic E-state index is -0.515. The molecule has 1 aliphatic rings. The van der Waals surface area contributed by atoms with Gasteiger partial charge in [0, 0.05) is 23.4 Å². The Kier molecular flexibility index (Phi) is 4.88. The Hall–Kier alpha value is -2.70. The molecule has 1 aliphatic carbocycles. The normalized spacial score (nSPS) is 14.0. The van der Waals surface area contributed by atoms with Crippen LogP contribution in [0.1, 0.15) is 29.6 Å². The van der Waals surface area contributed by atoms with E-state index in [0.717, 1.165) is 19.3 Å². The number of urea groups is 1. The molecule has 24 heavy (non-hydrogen) atoms. The molecule has 2 aromatic rings. The van der Waals surface area contributed by atoms with Crippen LogP contribution in [0, 0.1) is 5.92 Å². The Morgan fingerprint density at radius 3 is 2.50 bits per heavy atom. The van der Waals surface area contributed by atoms with E-state index in [0.29, 0.717) is 16.9 Å². The van der Waals surface area contributed by atoms with Crippen molar-refractivity contribution in [2.75, 3.05) is 17.3 Å². The lowest BCUT2D eigenvalue weighted by Gasteiger charge is -2.23. The third-order valence-electron chi connectivity index (χ3n) is 4.11. The van der Waals surface area contributed by atoms with Gasteiger partial charge in [0.15, 0.2) is 5.78 Å². The first-order chi connectivity index (χ1) is 11.7. The molecule has 6 nitrogen and oxygen atoms in total. The summed E-state index contributed by atoms with van der Waals surface area (Å²) in [5.41, 5.74) is 1.75. The molecular weight excluding hydrogens is 311 g/mol. The molecule has 0 unspecified atom stereocenters. The van der Waals surface area contributed by atoms with Gasteiger partial charge in [0.1, 0.15) is 6.67 Å². The van der Waals surface area contributed by atoms with E-state index in [2.05, 4.69) is 15.7 Å². The van der Waals surface area contributed by atoms with Gasteiger partial charge in [0.25, 0.3) is 0 Å². The van der Waals surface area contributed by atoms with E-state index in [1.807, 2.05) is 0 Å². The van der Waals surface area contributed by atoms with Crippen molar-refractivity contribution in [2.45, 2.75) is 25.8 Å². The van der Waals surface area contributed by atoms with Gasteiger partial charge < -0.3 is 10.6 Å². The highest BCUT2D eigenvalue weighted by molar-refractivity contribution is 6.01. The van der Waals surface area contributed by atoms with Crippen LogP contribution in [0.4, 0.5) is 20.6 Å². The summed E-state index contributed by atoms with van der Waals surface area (Å²) in [6, 6.07) is 6.45. The van der Waals surface area contributed by atoms with Crippen molar-refractivity contribution in [2.24, 2.45) is 5.92 Å². The monoisotopic (exact) mass is 330 g/mol. The van der Waals surface area contributed by atoms with E-state index >= 15 is 0 Å². The summed E-state index contributed by atoms with van der Waals surface area (Å²) in [5.74, 6) is 0.338. The van der Waals surface area contributed by atoms with E-state index in [9.17, 15) is 14.0 Å². The van der Waals surface area contributed by atoms with Gasteiger partial charge in [-0.1, -0.05) is 6.42 Å². The molecule has 1 saturated carbocycles. The van der Waals surface area contributed by atoms with Crippen LogP contribution in [0.3, 0.4) is 0 Å². The van der Waals surface area contributed by atoms with Crippen LogP contribution in [0.15, 0.2) is 36.7 Å². The predicted molar refractivity (Wildman–Crippen MR) is 89.0 cm³/mol. The van der Waals surface area contributed by atoms with Crippen LogP contribution in [-0.2, 0) is 6.54 Å². The summed E-state index contributed by atoms with van der Waals surface area (Å²) >= 11 is 0. The Morgan fingerprint density at radius 1 is 1.17 bits per heavy atom. The number of ketones is 1. The molecule has 3 rings (SSSR count). The Morgan fingerprint density at radius 2 is 1.88 bits per heavy atom. The second kappa shape index (κ2) is 7.25. The fourth-order valence-corrected chi connectivity index (χ4v) is 2.55. The van der Waals surface area contributed by atoms with Gasteiger partial charge in [-0.3, -0.25) is 9.48 Å². The fourth-order valence-electron chi connectivity index (χ4n) is 2.55. The number of anilines is 2. The molecule has 0 bridgehead atoms. The highest BCUT2D eigenvalue weighted by atomic mass is 19.1. The van der Waals surface area contributed by atoms with Gasteiger partial charge in [0.05, 0.1) is 18.4 Å². The molecule has 7 heteroatoms. The van der Waals surface area contributed by atoms with E-state index in [-0.39, 0.29) is 18.2 Å². The molecule has 0 spiro atoms. The Labute approximate surface area is 139 Å². The first-order valence-electron chi connectivity index (χ1n) is 7.96. The van der Waals surface area contributed by atoms with Crippen molar-refractivity contribution in [3.8, 4) is 0 Å². The average molecular weight is 330 g/mol. The van der Waals surface area contributed by atoms with Crippen LogP contribution >= 0.6 is 0 Å². The third-order valence-corrected chi connectivity index (χ3v) is 4.11. The van der Waals surface area contributed by atoms with Crippen molar-refractivity contribution < 1.29 is 14.0 Å². The zero-order valence-corrected chi connectivity index (χ0v) is 13.2. The smallest absolute Gasteiger partial charge is 0.308 e. The summed E-state index contributed by atoms with van der Waals surface area (Å²) in [6.07, 6.45) is 6.07. The van der Waals surface area contributed by atoms with Gasteiger partial charge >= 0.3 is 6.03 Å². The SMILES string of the molecule is O=C(Nc1ccc(C(=O)C2CCC2)cc1)Nc1cnn(CCF)c1. The number of rotatable bonds is 6. The van der Waals surface area contributed by atoms with Crippen LogP contribution in [0.25, 0.3) is 0 Å². The number of carbonyl (C=O) groups is 2. The molecule has 2 amide bonds. The summed E-state index contributed by atoms with van der Waals surface area (Å²) in [5, 5.41) is 9.23. The topological polar surface area (TPSA) is 76.0 Å². The van der Waals surface area contributed by atoms with Gasteiger partial charge in [-0.15, -0.1) is 0 Å². The van der Waals surface area contributed by atoms with E-state index in [4.69, 9.17) is 0 Å². The molecule has 1 aromatic carbocycles. The number of halogens is 1. The minimum absolute atomic E-state index is 0.153. The van der Waals surface area contributed by atoms with Gasteiger partial charge in [-0.25, -0.2) is 9.18 Å². The number of aromatic nitrogens is 2. The second-order valence-corrected chi connectivity index (χ2v) is 5.83. The molecule has 1 aromatic heterocycles. The summed E-state index contributed by atoms with van der Waals surface area (Å²) in [7, 11) is 0. The number of hydrogen-bond donors (Lipinski definition) is 2. The van der Waals surface area contributed by atoms with Crippen LogP contribution in [0.5, 0.6) is 0 Å². The van der Waals surface area contributed by atoms with Crippen molar-refractivity contribution in [3.05, 3.63) is 42.2 Å². The predicted octanol–water partition coefficient (Wildman–Crippen LogP) is 3.48. The highest BCUT2D eigenvalue weighted by Gasteiger charge is 2.25. The number of aryl methyl sites for hydroxylation is 1. The molecule has 126 valence electrons. The highest BCUT2D eigenvalue weighted by Crippen LogP contribution is 2.30. The zero-order chi connectivity index (χ0) is 16.9. The van der Waals surface area contributed by atoms with Crippen LogP contribution < -0.4 is 10.6 Å². The largest absolute Gasteiger partial charge is 0.323 e.